The van der Waals surface area contributed by atoms with Crippen LogP contribution >= 0.6 is 0 Å². The van der Waals surface area contributed by atoms with Gasteiger partial charge in [-0.25, -0.2) is 4.79 Å². The second kappa shape index (κ2) is 9.52. The monoisotopic (exact) mass is 413 g/mol. The van der Waals surface area contributed by atoms with Crippen LogP contribution in [0.2, 0.25) is 0 Å². The van der Waals surface area contributed by atoms with E-state index in [1.807, 2.05) is 26.0 Å². The molecule has 2 aromatic rings. The molecule has 0 atom stereocenters. The maximum absolute atomic E-state index is 12.2. The van der Waals surface area contributed by atoms with Gasteiger partial charge in [-0.15, -0.1) is 0 Å². The summed E-state index contributed by atoms with van der Waals surface area (Å²) >= 11 is 0. The molecule has 0 saturated carbocycles. The van der Waals surface area contributed by atoms with Crippen molar-refractivity contribution in [2.24, 2.45) is 0 Å². The van der Waals surface area contributed by atoms with E-state index in [1.165, 1.54) is 0 Å². The lowest BCUT2D eigenvalue weighted by atomic mass is 9.94. The van der Waals surface area contributed by atoms with E-state index in [4.69, 9.17) is 18.6 Å². The van der Waals surface area contributed by atoms with E-state index in [2.05, 4.69) is 5.32 Å². The third kappa shape index (κ3) is 4.50. The molecule has 0 spiro atoms. The van der Waals surface area contributed by atoms with Gasteiger partial charge in [0.05, 0.1) is 27.0 Å². The highest BCUT2D eigenvalue weighted by atomic mass is 16.5. The Labute approximate surface area is 176 Å². The Balaban J connectivity index is 1.68. The molecule has 0 unspecified atom stereocenters. The molecule has 160 valence electrons. The number of hydrogen-bond donors (Lipinski definition) is 1. The van der Waals surface area contributed by atoms with Crippen LogP contribution in [0.5, 0.6) is 11.5 Å². The van der Waals surface area contributed by atoms with E-state index in [0.29, 0.717) is 42.9 Å². The summed E-state index contributed by atoms with van der Waals surface area (Å²) in [4.78, 5) is 24.3. The van der Waals surface area contributed by atoms with Gasteiger partial charge in [0.1, 0.15) is 29.4 Å². The third-order valence-corrected chi connectivity index (χ3v) is 5.27. The molecule has 0 aliphatic carbocycles. The SMILES string of the molecule is COc1c(C)c2c(c(OC)c1C/C=C(\C)CCC(=O)NCc1ccco1)C(=O)OC2. The predicted molar refractivity (Wildman–Crippen MR) is 111 cm³/mol. The van der Waals surface area contributed by atoms with Crippen molar-refractivity contribution in [2.75, 3.05) is 14.2 Å². The number of allylic oxidation sites excluding steroid dienone is 2. The maximum atomic E-state index is 12.2. The second-order valence-corrected chi connectivity index (χ2v) is 7.21. The van der Waals surface area contributed by atoms with Crippen molar-refractivity contribution in [1.29, 1.82) is 0 Å². The zero-order valence-electron chi connectivity index (χ0n) is 17.8. The summed E-state index contributed by atoms with van der Waals surface area (Å²) < 4.78 is 21.6. The van der Waals surface area contributed by atoms with Gasteiger partial charge in [0.25, 0.3) is 0 Å². The Morgan fingerprint density at radius 3 is 2.67 bits per heavy atom. The summed E-state index contributed by atoms with van der Waals surface area (Å²) in [6, 6.07) is 3.61. The predicted octanol–water partition coefficient (Wildman–Crippen LogP) is 3.86. The first-order valence-corrected chi connectivity index (χ1v) is 9.84. The van der Waals surface area contributed by atoms with Gasteiger partial charge in [-0.2, -0.15) is 0 Å². The van der Waals surface area contributed by atoms with Crippen LogP contribution in [0.15, 0.2) is 34.5 Å². The number of carbonyl (C=O) groups is 2. The minimum absolute atomic E-state index is 0.0366. The number of benzene rings is 1. The number of esters is 1. The Morgan fingerprint density at radius 2 is 2.00 bits per heavy atom. The molecule has 7 nitrogen and oxygen atoms in total. The Bertz CT molecular complexity index is 959. The molecule has 1 aliphatic heterocycles. The first kappa shape index (κ1) is 21.5. The van der Waals surface area contributed by atoms with Crippen LogP contribution in [0, 0.1) is 6.92 Å². The number of rotatable bonds is 9. The molecule has 1 aliphatic rings. The molecule has 30 heavy (non-hydrogen) atoms. The quantitative estimate of drug-likeness (QED) is 0.496. The van der Waals surface area contributed by atoms with Crippen LogP contribution in [0.3, 0.4) is 0 Å². The Kier molecular flexibility index (Phi) is 6.82. The molecule has 1 amide bonds. The smallest absolute Gasteiger partial charge is 0.342 e. The lowest BCUT2D eigenvalue weighted by molar-refractivity contribution is -0.121. The van der Waals surface area contributed by atoms with Crippen LogP contribution in [-0.4, -0.2) is 26.1 Å². The van der Waals surface area contributed by atoms with Crippen molar-refractivity contribution in [1.82, 2.24) is 5.32 Å². The molecule has 0 bridgehead atoms. The minimum atomic E-state index is -0.372. The van der Waals surface area contributed by atoms with E-state index in [1.54, 1.807) is 26.5 Å². The average molecular weight is 413 g/mol. The number of fused-ring (bicyclic) bond motifs is 1. The molecule has 1 aromatic heterocycles. The topological polar surface area (TPSA) is 87.0 Å². The third-order valence-electron chi connectivity index (χ3n) is 5.27. The molecular formula is C23H27NO6. The van der Waals surface area contributed by atoms with Gasteiger partial charge in [-0.05, 0) is 44.4 Å². The number of carbonyl (C=O) groups excluding carboxylic acids is 2. The van der Waals surface area contributed by atoms with Gasteiger partial charge < -0.3 is 23.9 Å². The van der Waals surface area contributed by atoms with Crippen LogP contribution in [0.1, 0.15) is 52.6 Å². The van der Waals surface area contributed by atoms with Crippen LogP contribution in [0.4, 0.5) is 0 Å². The van der Waals surface area contributed by atoms with E-state index >= 15 is 0 Å². The number of ether oxygens (including phenoxy) is 3. The van der Waals surface area contributed by atoms with E-state index in [0.717, 1.165) is 28.0 Å². The van der Waals surface area contributed by atoms with E-state index in [9.17, 15) is 9.59 Å². The molecule has 3 rings (SSSR count). The average Bonchev–Trinajstić information content (AvgIpc) is 3.39. The molecule has 0 fully saturated rings. The first-order chi connectivity index (χ1) is 14.5. The number of cyclic esters (lactones) is 1. The summed E-state index contributed by atoms with van der Waals surface area (Å²) in [6.07, 6.45) is 5.14. The van der Waals surface area contributed by atoms with E-state index < -0.39 is 0 Å². The molecule has 2 heterocycles. The Hall–Kier alpha value is -3.22. The lowest BCUT2D eigenvalue weighted by Gasteiger charge is -2.18. The lowest BCUT2D eigenvalue weighted by Crippen LogP contribution is -2.22. The van der Waals surface area contributed by atoms with Crippen LogP contribution in [-0.2, 0) is 29.1 Å². The summed E-state index contributed by atoms with van der Waals surface area (Å²) in [7, 11) is 3.15. The van der Waals surface area contributed by atoms with Crippen molar-refractivity contribution >= 4 is 11.9 Å². The van der Waals surface area contributed by atoms with Crippen molar-refractivity contribution in [3.8, 4) is 11.5 Å². The second-order valence-electron chi connectivity index (χ2n) is 7.21. The number of nitrogens with one attached hydrogen (secondary N) is 1. The fraction of sp³-hybridized carbons (Fsp3) is 0.391. The zero-order chi connectivity index (χ0) is 21.7. The van der Waals surface area contributed by atoms with Crippen LogP contribution in [0.25, 0.3) is 0 Å². The van der Waals surface area contributed by atoms with Gasteiger partial charge in [0, 0.05) is 17.5 Å². The number of methoxy groups -OCH3 is 2. The molecule has 1 aromatic carbocycles. The fourth-order valence-corrected chi connectivity index (χ4v) is 3.61. The summed E-state index contributed by atoms with van der Waals surface area (Å²) in [5, 5.41) is 2.84. The fourth-order valence-electron chi connectivity index (χ4n) is 3.61. The highest BCUT2D eigenvalue weighted by Gasteiger charge is 2.32. The summed E-state index contributed by atoms with van der Waals surface area (Å²) in [5.74, 6) is 1.51. The van der Waals surface area contributed by atoms with Crippen molar-refractivity contribution in [3.63, 3.8) is 0 Å². The van der Waals surface area contributed by atoms with E-state index in [-0.39, 0.29) is 18.5 Å². The number of amides is 1. The summed E-state index contributed by atoms with van der Waals surface area (Å²) in [6.45, 7) is 4.51. The molecule has 0 radical (unpaired) electrons. The number of furan rings is 1. The highest BCUT2D eigenvalue weighted by molar-refractivity contribution is 5.98. The Morgan fingerprint density at radius 1 is 1.23 bits per heavy atom. The standard InChI is InChI=1S/C23H27NO6/c1-14(8-10-19(25)24-12-16-6-5-11-29-16)7-9-17-21(27-3)15(2)18-13-30-23(26)20(18)22(17)28-4/h5-7,11H,8-10,12-13H2,1-4H3,(H,24,25)/b14-7+. The normalized spacial score (nSPS) is 13.1. The van der Waals surface area contributed by atoms with Gasteiger partial charge in [-0.3, -0.25) is 4.79 Å². The zero-order valence-corrected chi connectivity index (χ0v) is 17.8. The minimum Gasteiger partial charge on any atom is -0.496 e. The molecule has 1 N–H and O–H groups in total. The first-order valence-electron chi connectivity index (χ1n) is 9.84. The molecule has 0 saturated heterocycles. The van der Waals surface area contributed by atoms with Crippen molar-refractivity contribution in [3.05, 3.63) is 58.1 Å². The van der Waals surface area contributed by atoms with Gasteiger partial charge in [0.15, 0.2) is 0 Å². The number of hydrogen-bond acceptors (Lipinski definition) is 6. The van der Waals surface area contributed by atoms with Crippen LogP contribution < -0.4 is 14.8 Å². The summed E-state index contributed by atoms with van der Waals surface area (Å²) in [5.41, 5.74) is 4.04. The largest absolute Gasteiger partial charge is 0.496 e. The van der Waals surface area contributed by atoms with Crippen molar-refractivity contribution in [2.45, 2.75) is 46.3 Å². The molecular weight excluding hydrogens is 386 g/mol. The highest BCUT2D eigenvalue weighted by Crippen LogP contribution is 2.42. The van der Waals surface area contributed by atoms with Gasteiger partial charge >= 0.3 is 5.97 Å². The maximum Gasteiger partial charge on any atom is 0.342 e. The molecule has 7 heteroatoms. The van der Waals surface area contributed by atoms with Gasteiger partial charge in [-0.1, -0.05) is 11.6 Å². The van der Waals surface area contributed by atoms with Gasteiger partial charge in [0.2, 0.25) is 5.91 Å². The van der Waals surface area contributed by atoms with Crippen molar-refractivity contribution < 1.29 is 28.2 Å².